The zero-order valence-corrected chi connectivity index (χ0v) is 13.2. The number of ether oxygens (including phenoxy) is 1. The molecule has 21 heavy (non-hydrogen) atoms. The Bertz CT molecular complexity index is 450. The summed E-state index contributed by atoms with van der Waals surface area (Å²) >= 11 is 0. The van der Waals surface area contributed by atoms with E-state index in [9.17, 15) is 0 Å². The number of hydrogen-bond donors (Lipinski definition) is 1. The lowest BCUT2D eigenvalue weighted by Gasteiger charge is -2.27. The van der Waals surface area contributed by atoms with E-state index in [-0.39, 0.29) is 0 Å². The quantitative estimate of drug-likeness (QED) is 0.669. The van der Waals surface area contributed by atoms with E-state index in [1.807, 2.05) is 12.1 Å². The molecule has 4 nitrogen and oxygen atoms in total. The van der Waals surface area contributed by atoms with Gasteiger partial charge in [0.2, 0.25) is 0 Å². The maximum absolute atomic E-state index is 6.07. The molecule has 116 valence electrons. The average Bonchev–Trinajstić information content (AvgIpc) is 2.55. The number of methoxy groups -OCH3 is 1. The van der Waals surface area contributed by atoms with Crippen LogP contribution in [0.15, 0.2) is 29.3 Å². The number of nitrogens with zero attached hydrogens (tertiary/aromatic N) is 2. The predicted molar refractivity (Wildman–Crippen MR) is 87.9 cm³/mol. The van der Waals surface area contributed by atoms with Crippen LogP contribution >= 0.6 is 0 Å². The Hall–Kier alpha value is -1.71. The van der Waals surface area contributed by atoms with Gasteiger partial charge in [-0.1, -0.05) is 19.1 Å². The van der Waals surface area contributed by atoms with Crippen molar-refractivity contribution in [2.75, 3.05) is 26.7 Å². The van der Waals surface area contributed by atoms with Crippen molar-refractivity contribution in [2.24, 2.45) is 10.7 Å². The van der Waals surface area contributed by atoms with Gasteiger partial charge in [0.25, 0.3) is 0 Å². The van der Waals surface area contributed by atoms with Crippen molar-refractivity contribution >= 4 is 5.96 Å². The summed E-state index contributed by atoms with van der Waals surface area (Å²) in [6, 6.07) is 8.27. The van der Waals surface area contributed by atoms with Crippen LogP contribution in [0.5, 0.6) is 5.75 Å². The number of guanidine groups is 1. The fourth-order valence-electron chi connectivity index (χ4n) is 2.69. The first-order valence-electron chi connectivity index (χ1n) is 7.89. The molecular formula is C17H27N3O. The highest BCUT2D eigenvalue weighted by molar-refractivity contribution is 5.78. The normalized spacial score (nSPS) is 17.6. The van der Waals surface area contributed by atoms with Crippen molar-refractivity contribution in [2.45, 2.75) is 38.5 Å². The Labute approximate surface area is 128 Å². The minimum Gasteiger partial charge on any atom is -0.497 e. The fraction of sp³-hybridized carbons (Fsp3) is 0.588. The highest BCUT2D eigenvalue weighted by Crippen LogP contribution is 2.21. The summed E-state index contributed by atoms with van der Waals surface area (Å²) in [7, 11) is 1.69. The molecule has 0 spiro atoms. The maximum Gasteiger partial charge on any atom is 0.191 e. The van der Waals surface area contributed by atoms with E-state index in [1.54, 1.807) is 7.11 Å². The van der Waals surface area contributed by atoms with Crippen LogP contribution in [0.1, 0.15) is 44.1 Å². The first-order chi connectivity index (χ1) is 10.2. The third-order valence-electron chi connectivity index (χ3n) is 4.20. The first-order valence-corrected chi connectivity index (χ1v) is 7.89. The summed E-state index contributed by atoms with van der Waals surface area (Å²) in [5.74, 6) is 2.10. The highest BCUT2D eigenvalue weighted by Gasteiger charge is 2.12. The molecule has 1 saturated heterocycles. The van der Waals surface area contributed by atoms with Crippen molar-refractivity contribution < 1.29 is 4.74 Å². The molecule has 1 atom stereocenters. The summed E-state index contributed by atoms with van der Waals surface area (Å²) in [6.07, 6.45) is 4.80. The van der Waals surface area contributed by atoms with Gasteiger partial charge in [-0.25, -0.2) is 0 Å². The first kappa shape index (κ1) is 15.7. The average molecular weight is 289 g/mol. The molecule has 0 saturated carbocycles. The fourth-order valence-corrected chi connectivity index (χ4v) is 2.69. The summed E-state index contributed by atoms with van der Waals surface area (Å²) in [6.45, 7) is 5.14. The van der Waals surface area contributed by atoms with Gasteiger partial charge in [-0.3, -0.25) is 4.99 Å². The van der Waals surface area contributed by atoms with E-state index in [4.69, 9.17) is 10.5 Å². The second-order valence-electron chi connectivity index (χ2n) is 5.75. The molecule has 2 rings (SSSR count). The van der Waals surface area contributed by atoms with Crippen molar-refractivity contribution in [1.82, 2.24) is 4.90 Å². The zero-order valence-electron chi connectivity index (χ0n) is 13.2. The molecule has 1 aliphatic heterocycles. The summed E-state index contributed by atoms with van der Waals surface area (Å²) in [5, 5.41) is 0. The Morgan fingerprint density at radius 3 is 2.52 bits per heavy atom. The summed E-state index contributed by atoms with van der Waals surface area (Å²) in [5.41, 5.74) is 7.39. The second kappa shape index (κ2) is 7.91. The van der Waals surface area contributed by atoms with Gasteiger partial charge in [0.15, 0.2) is 5.96 Å². The monoisotopic (exact) mass is 289 g/mol. The van der Waals surface area contributed by atoms with Gasteiger partial charge >= 0.3 is 0 Å². The Morgan fingerprint density at radius 1 is 1.24 bits per heavy atom. The second-order valence-corrected chi connectivity index (χ2v) is 5.75. The Kier molecular flexibility index (Phi) is 5.90. The molecule has 1 unspecified atom stereocenters. The lowest BCUT2D eigenvalue weighted by molar-refractivity contribution is 0.338. The molecule has 0 aromatic heterocycles. The third-order valence-corrected chi connectivity index (χ3v) is 4.20. The lowest BCUT2D eigenvalue weighted by Crippen LogP contribution is -2.40. The zero-order chi connectivity index (χ0) is 15.1. The number of benzene rings is 1. The molecule has 1 aromatic carbocycles. The van der Waals surface area contributed by atoms with E-state index < -0.39 is 0 Å². The van der Waals surface area contributed by atoms with Gasteiger partial charge in [-0.05, 0) is 49.3 Å². The molecule has 0 radical (unpaired) electrons. The molecule has 1 aromatic rings. The van der Waals surface area contributed by atoms with Gasteiger partial charge in [0.1, 0.15) is 5.75 Å². The topological polar surface area (TPSA) is 50.9 Å². The molecule has 0 aliphatic carbocycles. The van der Waals surface area contributed by atoms with Crippen LogP contribution in [0.3, 0.4) is 0 Å². The van der Waals surface area contributed by atoms with E-state index in [0.29, 0.717) is 5.92 Å². The minimum atomic E-state index is 0.480. The smallest absolute Gasteiger partial charge is 0.191 e. The van der Waals surface area contributed by atoms with Gasteiger partial charge in [-0.2, -0.15) is 0 Å². The van der Waals surface area contributed by atoms with E-state index in [1.165, 1.54) is 24.8 Å². The number of piperidine rings is 1. The SMILES string of the molecule is COc1ccc(C(C)CCN=C(N)N2CCCCC2)cc1. The van der Waals surface area contributed by atoms with Crippen molar-refractivity contribution in [3.63, 3.8) is 0 Å². The number of aliphatic imine (C=N–C) groups is 1. The number of rotatable bonds is 5. The van der Waals surface area contributed by atoms with Crippen LogP contribution in [0.25, 0.3) is 0 Å². The lowest BCUT2D eigenvalue weighted by atomic mass is 9.98. The van der Waals surface area contributed by atoms with E-state index >= 15 is 0 Å². The van der Waals surface area contributed by atoms with Gasteiger partial charge < -0.3 is 15.4 Å². The van der Waals surface area contributed by atoms with Gasteiger partial charge in [-0.15, -0.1) is 0 Å². The molecule has 2 N–H and O–H groups in total. The van der Waals surface area contributed by atoms with Crippen molar-refractivity contribution in [3.05, 3.63) is 29.8 Å². The molecule has 1 fully saturated rings. The van der Waals surface area contributed by atoms with Crippen LogP contribution in [-0.4, -0.2) is 37.6 Å². The summed E-state index contributed by atoms with van der Waals surface area (Å²) < 4.78 is 5.18. The highest BCUT2D eigenvalue weighted by atomic mass is 16.5. The Balaban J connectivity index is 1.80. The molecular weight excluding hydrogens is 262 g/mol. The van der Waals surface area contributed by atoms with E-state index in [0.717, 1.165) is 37.8 Å². The standard InChI is InChI=1S/C17H27N3O/c1-14(15-6-8-16(21-2)9-7-15)10-11-19-17(18)20-12-4-3-5-13-20/h6-9,14H,3-5,10-13H2,1-2H3,(H2,18,19). The van der Waals surface area contributed by atoms with Crippen molar-refractivity contribution in [1.29, 1.82) is 0 Å². The van der Waals surface area contributed by atoms with Gasteiger partial charge in [0, 0.05) is 19.6 Å². The Morgan fingerprint density at radius 2 is 1.90 bits per heavy atom. The number of hydrogen-bond acceptors (Lipinski definition) is 2. The third kappa shape index (κ3) is 4.66. The van der Waals surface area contributed by atoms with Crippen LogP contribution in [-0.2, 0) is 0 Å². The molecule has 4 heteroatoms. The molecule has 1 aliphatic rings. The number of likely N-dealkylation sites (tertiary alicyclic amines) is 1. The molecule has 1 heterocycles. The largest absolute Gasteiger partial charge is 0.497 e. The predicted octanol–water partition coefficient (Wildman–Crippen LogP) is 2.99. The van der Waals surface area contributed by atoms with Gasteiger partial charge in [0.05, 0.1) is 7.11 Å². The van der Waals surface area contributed by atoms with Crippen molar-refractivity contribution in [3.8, 4) is 5.75 Å². The van der Waals surface area contributed by atoms with Crippen LogP contribution in [0.2, 0.25) is 0 Å². The summed E-state index contributed by atoms with van der Waals surface area (Å²) in [4.78, 5) is 6.75. The van der Waals surface area contributed by atoms with Crippen LogP contribution < -0.4 is 10.5 Å². The molecule has 0 amide bonds. The van der Waals surface area contributed by atoms with Crippen LogP contribution in [0, 0.1) is 0 Å². The molecule has 0 bridgehead atoms. The maximum atomic E-state index is 6.07. The van der Waals surface area contributed by atoms with E-state index in [2.05, 4.69) is 28.9 Å². The number of nitrogens with two attached hydrogens (primary N) is 1. The minimum absolute atomic E-state index is 0.480. The van der Waals surface area contributed by atoms with Crippen LogP contribution in [0.4, 0.5) is 0 Å².